The third kappa shape index (κ3) is 3.90. The Balaban J connectivity index is 2.73. The van der Waals surface area contributed by atoms with E-state index in [1.807, 2.05) is 0 Å². The summed E-state index contributed by atoms with van der Waals surface area (Å²) in [6, 6.07) is 4.15. The average Bonchev–Trinajstić information content (AvgIpc) is 2.27. The molecule has 4 N–H and O–H groups in total. The molecule has 0 aliphatic heterocycles. The van der Waals surface area contributed by atoms with Crippen LogP contribution in [0.2, 0.25) is 0 Å². The number of rotatable bonds is 5. The van der Waals surface area contributed by atoms with Gasteiger partial charge in [-0.15, -0.1) is 0 Å². The molecular weight excluding hydrogens is 228 g/mol. The number of nitrogens with two attached hydrogens (primary N) is 1. The molecule has 0 fully saturated rings. The molecular formula is C11H15F2N3O. The molecule has 0 atom stereocenters. The molecule has 1 amide bonds. The number of halogens is 2. The number of carbonyl (C=O) groups is 1. The van der Waals surface area contributed by atoms with Crippen LogP contribution in [0.15, 0.2) is 18.2 Å². The lowest BCUT2D eigenvalue weighted by molar-refractivity contribution is -0.119. The summed E-state index contributed by atoms with van der Waals surface area (Å²) in [5.74, 6) is -0.246. The number of benzene rings is 1. The minimum atomic E-state index is -2.63. The van der Waals surface area contributed by atoms with Crippen molar-refractivity contribution >= 4 is 17.3 Å². The number of alkyl halides is 2. The van der Waals surface area contributed by atoms with Crippen molar-refractivity contribution in [2.45, 2.75) is 13.3 Å². The van der Waals surface area contributed by atoms with Crippen molar-refractivity contribution in [3.05, 3.63) is 23.8 Å². The number of hydrogen-bond donors (Lipinski definition) is 3. The molecule has 0 aromatic heterocycles. The summed E-state index contributed by atoms with van der Waals surface area (Å²) in [5, 5.41) is 5.22. The summed E-state index contributed by atoms with van der Waals surface area (Å²) in [4.78, 5) is 11.2. The van der Waals surface area contributed by atoms with Gasteiger partial charge in [0.15, 0.2) is 0 Å². The lowest BCUT2D eigenvalue weighted by Crippen LogP contribution is -2.29. The third-order valence-electron chi connectivity index (χ3n) is 2.12. The molecule has 0 radical (unpaired) electrons. The van der Waals surface area contributed by atoms with E-state index >= 15 is 0 Å². The molecule has 1 aromatic carbocycles. The molecule has 0 bridgehead atoms. The fraction of sp³-hybridized carbons (Fsp3) is 0.364. The van der Waals surface area contributed by atoms with E-state index in [1.165, 1.54) is 18.2 Å². The minimum absolute atomic E-state index is 0.0442. The summed E-state index contributed by atoms with van der Waals surface area (Å²) in [6.45, 7) is 2.24. The molecule has 0 saturated carbocycles. The van der Waals surface area contributed by atoms with Crippen LogP contribution in [0.5, 0.6) is 0 Å². The number of nitrogens with one attached hydrogen (secondary N) is 2. The molecule has 0 unspecified atom stereocenters. The van der Waals surface area contributed by atoms with Gasteiger partial charge < -0.3 is 16.4 Å². The second kappa shape index (κ2) is 6.03. The Morgan fingerprint density at radius 1 is 1.47 bits per heavy atom. The Morgan fingerprint density at radius 3 is 2.76 bits per heavy atom. The van der Waals surface area contributed by atoms with Crippen LogP contribution in [0.4, 0.5) is 20.2 Å². The largest absolute Gasteiger partial charge is 0.399 e. The predicted octanol–water partition coefficient (Wildman–Crippen LogP) is 1.75. The number of anilines is 2. The third-order valence-corrected chi connectivity index (χ3v) is 2.12. The lowest BCUT2D eigenvalue weighted by atomic mass is 10.1. The molecule has 1 rings (SSSR count). The Morgan fingerprint density at radius 2 is 2.18 bits per heavy atom. The van der Waals surface area contributed by atoms with Crippen LogP contribution in [-0.2, 0) is 4.79 Å². The van der Waals surface area contributed by atoms with Crippen molar-refractivity contribution < 1.29 is 13.6 Å². The monoisotopic (exact) mass is 243 g/mol. The molecule has 6 heteroatoms. The second-order valence-corrected chi connectivity index (χ2v) is 3.45. The van der Waals surface area contributed by atoms with Crippen LogP contribution >= 0.6 is 0 Å². The first-order valence-electron chi connectivity index (χ1n) is 5.22. The first-order valence-corrected chi connectivity index (χ1v) is 5.22. The van der Waals surface area contributed by atoms with E-state index in [2.05, 4.69) is 10.6 Å². The molecule has 0 saturated heterocycles. The quantitative estimate of drug-likeness (QED) is 0.690. The number of nitrogen functional groups attached to an aromatic ring is 1. The lowest BCUT2D eigenvalue weighted by Gasteiger charge is -2.12. The van der Waals surface area contributed by atoms with Crippen LogP contribution in [0.1, 0.15) is 18.9 Å². The second-order valence-electron chi connectivity index (χ2n) is 3.45. The molecule has 0 heterocycles. The summed E-state index contributed by atoms with van der Waals surface area (Å²) >= 11 is 0. The van der Waals surface area contributed by atoms with Gasteiger partial charge in [0.05, 0.1) is 6.54 Å². The Bertz CT molecular complexity index is 396. The van der Waals surface area contributed by atoms with E-state index in [1.54, 1.807) is 6.92 Å². The van der Waals surface area contributed by atoms with Crippen LogP contribution < -0.4 is 16.4 Å². The van der Waals surface area contributed by atoms with Crippen molar-refractivity contribution in [3.8, 4) is 0 Å². The number of likely N-dealkylation sites (N-methyl/N-ethyl adjacent to an activating group) is 1. The zero-order chi connectivity index (χ0) is 12.8. The average molecular weight is 243 g/mol. The molecule has 1 aromatic rings. The first-order chi connectivity index (χ1) is 8.04. The van der Waals surface area contributed by atoms with E-state index < -0.39 is 6.43 Å². The van der Waals surface area contributed by atoms with Crippen molar-refractivity contribution in [1.82, 2.24) is 5.32 Å². The maximum Gasteiger partial charge on any atom is 0.265 e. The SMILES string of the molecule is CCNC(=O)CNc1ccc(N)cc1C(F)F. The minimum Gasteiger partial charge on any atom is -0.399 e. The van der Waals surface area contributed by atoms with Gasteiger partial charge in [-0.05, 0) is 25.1 Å². The predicted molar refractivity (Wildman–Crippen MR) is 63.0 cm³/mol. The van der Waals surface area contributed by atoms with Gasteiger partial charge in [0.25, 0.3) is 6.43 Å². The summed E-state index contributed by atoms with van der Waals surface area (Å²) in [7, 11) is 0. The van der Waals surface area contributed by atoms with Gasteiger partial charge in [-0.2, -0.15) is 0 Å². The van der Waals surface area contributed by atoms with Crippen LogP contribution in [-0.4, -0.2) is 19.0 Å². The van der Waals surface area contributed by atoms with Crippen molar-refractivity contribution in [3.63, 3.8) is 0 Å². The Kier molecular flexibility index (Phi) is 4.68. The van der Waals surface area contributed by atoms with E-state index in [0.29, 0.717) is 6.54 Å². The van der Waals surface area contributed by atoms with Crippen LogP contribution in [0.3, 0.4) is 0 Å². The maximum atomic E-state index is 12.7. The van der Waals surface area contributed by atoms with E-state index in [-0.39, 0.29) is 29.4 Å². The van der Waals surface area contributed by atoms with Gasteiger partial charge >= 0.3 is 0 Å². The topological polar surface area (TPSA) is 67.2 Å². The molecule has 0 spiro atoms. The van der Waals surface area contributed by atoms with Gasteiger partial charge in [-0.25, -0.2) is 8.78 Å². The zero-order valence-corrected chi connectivity index (χ0v) is 9.47. The standard InChI is InChI=1S/C11H15F2N3O/c1-2-15-10(17)6-16-9-4-3-7(14)5-8(9)11(12)13/h3-5,11,16H,2,6,14H2,1H3,(H,15,17). The normalized spacial score (nSPS) is 10.4. The summed E-state index contributed by atoms with van der Waals surface area (Å²) in [5.41, 5.74) is 5.72. The van der Waals surface area contributed by atoms with E-state index in [9.17, 15) is 13.6 Å². The van der Waals surface area contributed by atoms with Gasteiger partial charge in [0.2, 0.25) is 5.91 Å². The van der Waals surface area contributed by atoms with Gasteiger partial charge in [0, 0.05) is 23.5 Å². The van der Waals surface area contributed by atoms with Crippen LogP contribution in [0.25, 0.3) is 0 Å². The highest BCUT2D eigenvalue weighted by atomic mass is 19.3. The molecule has 94 valence electrons. The highest BCUT2D eigenvalue weighted by molar-refractivity contribution is 5.81. The van der Waals surface area contributed by atoms with Gasteiger partial charge in [-0.1, -0.05) is 0 Å². The highest BCUT2D eigenvalue weighted by Gasteiger charge is 2.13. The smallest absolute Gasteiger partial charge is 0.265 e. The molecule has 17 heavy (non-hydrogen) atoms. The fourth-order valence-corrected chi connectivity index (χ4v) is 1.36. The maximum absolute atomic E-state index is 12.7. The number of hydrogen-bond acceptors (Lipinski definition) is 3. The molecule has 4 nitrogen and oxygen atoms in total. The van der Waals surface area contributed by atoms with E-state index in [0.717, 1.165) is 0 Å². The van der Waals surface area contributed by atoms with Crippen molar-refractivity contribution in [2.75, 3.05) is 24.1 Å². The van der Waals surface area contributed by atoms with Crippen molar-refractivity contribution in [2.24, 2.45) is 0 Å². The highest BCUT2D eigenvalue weighted by Crippen LogP contribution is 2.28. The number of amides is 1. The summed E-state index contributed by atoms with van der Waals surface area (Å²) in [6.07, 6.45) is -2.63. The van der Waals surface area contributed by atoms with Gasteiger partial charge in [-0.3, -0.25) is 4.79 Å². The first kappa shape index (κ1) is 13.2. The van der Waals surface area contributed by atoms with E-state index in [4.69, 9.17) is 5.73 Å². The fourth-order valence-electron chi connectivity index (χ4n) is 1.36. The molecule has 0 aliphatic rings. The van der Waals surface area contributed by atoms with Crippen LogP contribution in [0, 0.1) is 0 Å². The van der Waals surface area contributed by atoms with Gasteiger partial charge in [0.1, 0.15) is 0 Å². The zero-order valence-electron chi connectivity index (χ0n) is 9.47. The Labute approximate surface area is 98.2 Å². The number of carbonyl (C=O) groups excluding carboxylic acids is 1. The Hall–Kier alpha value is -1.85. The van der Waals surface area contributed by atoms with Crippen molar-refractivity contribution in [1.29, 1.82) is 0 Å². The molecule has 0 aliphatic carbocycles. The summed E-state index contributed by atoms with van der Waals surface area (Å²) < 4.78 is 25.4.